The van der Waals surface area contributed by atoms with Crippen molar-refractivity contribution in [2.45, 2.75) is 12.8 Å². The molecule has 0 spiro atoms. The molecule has 0 bridgehead atoms. The minimum absolute atomic E-state index is 0.714. The van der Waals surface area contributed by atoms with Crippen molar-refractivity contribution in [3.63, 3.8) is 0 Å². The Kier molecular flexibility index (Phi) is 11.3. The number of nitrogens with zero attached hydrogens (tertiary/aromatic N) is 4. The van der Waals surface area contributed by atoms with Gasteiger partial charge in [-0.2, -0.15) is 0 Å². The minimum Gasteiger partial charge on any atom is -0.309 e. The van der Waals surface area contributed by atoms with Crippen molar-refractivity contribution in [1.82, 2.24) is 9.13 Å². The van der Waals surface area contributed by atoms with E-state index in [1.165, 1.54) is 66.0 Å². The van der Waals surface area contributed by atoms with Crippen LogP contribution in [0.15, 0.2) is 289 Å². The maximum absolute atomic E-state index is 5.38. The predicted molar refractivity (Wildman–Crippen MR) is 320 cm³/mol. The fourth-order valence-electron chi connectivity index (χ4n) is 11.4. The molecule has 358 valence electrons. The van der Waals surface area contributed by atoms with Gasteiger partial charge in [0.15, 0.2) is 5.84 Å². The van der Waals surface area contributed by atoms with E-state index in [1.807, 2.05) is 6.07 Å². The SMILES string of the molecule is C1=C(/c2cccc(-c3cccc4c3c3cc(-c5ccc6c(c5)c5ccccc5n6-c5cccc(-c6ccccc6)c5)ccc3n4-c3cccc(-c4ccccc4)c3)c2)N=C(c2ccccc2)N=C(c2ccccc2)CC/1. The third-order valence-electron chi connectivity index (χ3n) is 15.0. The second-order valence-electron chi connectivity index (χ2n) is 19.6. The molecule has 11 aromatic carbocycles. The smallest absolute Gasteiger partial charge is 0.160 e. The molecule has 0 fully saturated rings. The second kappa shape index (κ2) is 19.2. The Labute approximate surface area is 442 Å². The van der Waals surface area contributed by atoms with Crippen LogP contribution in [-0.4, -0.2) is 20.7 Å². The average molecular weight is 971 g/mol. The van der Waals surface area contributed by atoms with Gasteiger partial charge in [-0.1, -0.05) is 212 Å². The van der Waals surface area contributed by atoms with Crippen LogP contribution in [0.1, 0.15) is 29.5 Å². The Balaban J connectivity index is 0.932. The number of allylic oxidation sites excluding steroid dienone is 1. The van der Waals surface area contributed by atoms with Gasteiger partial charge in [0.05, 0.1) is 33.5 Å². The van der Waals surface area contributed by atoms with Gasteiger partial charge in [0, 0.05) is 44.0 Å². The Morgan fingerprint density at radius 3 is 1.43 bits per heavy atom. The molecule has 0 radical (unpaired) electrons. The van der Waals surface area contributed by atoms with Gasteiger partial charge in [-0.25, -0.2) is 9.98 Å². The largest absolute Gasteiger partial charge is 0.309 e. The van der Waals surface area contributed by atoms with Crippen LogP contribution in [0.25, 0.3) is 105 Å². The molecule has 13 aromatic rings. The molecule has 0 amide bonds. The summed E-state index contributed by atoms with van der Waals surface area (Å²) in [6.45, 7) is 0. The molecule has 0 saturated heterocycles. The third-order valence-corrected chi connectivity index (χ3v) is 15.0. The molecule has 0 atom stereocenters. The van der Waals surface area contributed by atoms with E-state index in [1.54, 1.807) is 0 Å². The van der Waals surface area contributed by atoms with Crippen molar-refractivity contribution in [3.05, 3.63) is 296 Å². The highest BCUT2D eigenvalue weighted by atomic mass is 15.0. The first-order chi connectivity index (χ1) is 37.7. The molecule has 0 saturated carbocycles. The van der Waals surface area contributed by atoms with Gasteiger partial charge in [-0.15, -0.1) is 0 Å². The van der Waals surface area contributed by atoms with Crippen molar-refractivity contribution in [3.8, 4) is 55.9 Å². The fourth-order valence-corrected chi connectivity index (χ4v) is 11.4. The van der Waals surface area contributed by atoms with Gasteiger partial charge in [0.1, 0.15) is 0 Å². The summed E-state index contributed by atoms with van der Waals surface area (Å²) in [6, 6.07) is 98.6. The van der Waals surface area contributed by atoms with Crippen molar-refractivity contribution in [2.24, 2.45) is 9.98 Å². The second-order valence-corrected chi connectivity index (χ2v) is 19.6. The zero-order valence-corrected chi connectivity index (χ0v) is 41.8. The van der Waals surface area contributed by atoms with Crippen LogP contribution in [0, 0.1) is 0 Å². The summed E-state index contributed by atoms with van der Waals surface area (Å²) in [4.78, 5) is 10.7. The molecule has 0 aliphatic carbocycles. The quantitative estimate of drug-likeness (QED) is 0.138. The van der Waals surface area contributed by atoms with Crippen molar-refractivity contribution in [2.75, 3.05) is 0 Å². The van der Waals surface area contributed by atoms with Crippen LogP contribution in [0.4, 0.5) is 0 Å². The Hall–Kier alpha value is -9.90. The van der Waals surface area contributed by atoms with Gasteiger partial charge >= 0.3 is 0 Å². The van der Waals surface area contributed by atoms with Gasteiger partial charge in [0.2, 0.25) is 0 Å². The highest BCUT2D eigenvalue weighted by Gasteiger charge is 2.21. The number of amidine groups is 1. The third kappa shape index (κ3) is 8.14. The summed E-state index contributed by atoms with van der Waals surface area (Å²) in [5.74, 6) is 0.714. The van der Waals surface area contributed by atoms with Crippen LogP contribution in [0.5, 0.6) is 0 Å². The monoisotopic (exact) mass is 970 g/mol. The number of aliphatic imine (C=N–C) groups is 2. The molecule has 2 aromatic heterocycles. The van der Waals surface area contributed by atoms with E-state index in [0.29, 0.717) is 5.84 Å². The van der Waals surface area contributed by atoms with Crippen LogP contribution >= 0.6 is 0 Å². The zero-order valence-electron chi connectivity index (χ0n) is 41.8. The summed E-state index contributed by atoms with van der Waals surface area (Å²) in [7, 11) is 0. The zero-order chi connectivity index (χ0) is 50.4. The molecule has 14 rings (SSSR count). The maximum Gasteiger partial charge on any atom is 0.160 e. The van der Waals surface area contributed by atoms with E-state index in [9.17, 15) is 0 Å². The van der Waals surface area contributed by atoms with E-state index < -0.39 is 0 Å². The first-order valence-corrected chi connectivity index (χ1v) is 26.2. The summed E-state index contributed by atoms with van der Waals surface area (Å²) in [5.41, 5.74) is 21.4. The number of hydrogen-bond acceptors (Lipinski definition) is 2. The van der Waals surface area contributed by atoms with E-state index in [-0.39, 0.29) is 0 Å². The molecule has 3 heterocycles. The minimum atomic E-state index is 0.714. The van der Waals surface area contributed by atoms with Crippen molar-refractivity contribution >= 4 is 60.9 Å². The maximum atomic E-state index is 5.38. The number of aromatic nitrogens is 2. The molecule has 0 N–H and O–H groups in total. The summed E-state index contributed by atoms with van der Waals surface area (Å²) < 4.78 is 4.86. The lowest BCUT2D eigenvalue weighted by molar-refractivity contribution is 1.08. The molecule has 1 aliphatic heterocycles. The predicted octanol–water partition coefficient (Wildman–Crippen LogP) is 18.6. The number of benzene rings is 11. The topological polar surface area (TPSA) is 34.6 Å². The number of para-hydroxylation sites is 1. The summed E-state index contributed by atoms with van der Waals surface area (Å²) >= 11 is 0. The van der Waals surface area contributed by atoms with Crippen LogP contribution in [0.2, 0.25) is 0 Å². The Morgan fingerprint density at radius 2 is 0.763 bits per heavy atom. The first-order valence-electron chi connectivity index (χ1n) is 26.2. The lowest BCUT2D eigenvalue weighted by Gasteiger charge is -2.14. The Morgan fingerprint density at radius 1 is 0.289 bits per heavy atom. The molecular formula is C72H50N4. The van der Waals surface area contributed by atoms with Crippen LogP contribution in [0.3, 0.4) is 0 Å². The molecule has 0 unspecified atom stereocenters. The first kappa shape index (κ1) is 44.8. The van der Waals surface area contributed by atoms with Crippen LogP contribution < -0.4 is 0 Å². The molecule has 4 heteroatoms. The van der Waals surface area contributed by atoms with Crippen LogP contribution in [-0.2, 0) is 0 Å². The van der Waals surface area contributed by atoms with Crippen molar-refractivity contribution < 1.29 is 0 Å². The molecular weight excluding hydrogens is 921 g/mol. The van der Waals surface area contributed by atoms with E-state index >= 15 is 0 Å². The van der Waals surface area contributed by atoms with E-state index in [0.717, 1.165) is 74.5 Å². The lowest BCUT2D eigenvalue weighted by Crippen LogP contribution is -2.09. The molecule has 4 nitrogen and oxygen atoms in total. The molecule has 1 aliphatic rings. The van der Waals surface area contributed by atoms with Gasteiger partial charge in [-0.05, 0) is 130 Å². The van der Waals surface area contributed by atoms with E-state index in [4.69, 9.17) is 9.98 Å². The van der Waals surface area contributed by atoms with Gasteiger partial charge in [0.25, 0.3) is 0 Å². The van der Waals surface area contributed by atoms with Gasteiger partial charge in [-0.3, -0.25) is 0 Å². The summed E-state index contributed by atoms with van der Waals surface area (Å²) in [5, 5.41) is 4.84. The lowest BCUT2D eigenvalue weighted by atomic mass is 9.95. The fraction of sp³-hybridized carbons (Fsp3) is 0.0278. The highest BCUT2D eigenvalue weighted by Crippen LogP contribution is 2.43. The average Bonchev–Trinajstić information content (AvgIpc) is 4.04. The Bertz CT molecular complexity index is 4430. The number of rotatable bonds is 9. The standard InChI is InChI=1S/C72H50N4/c1-5-20-49(21-6-1)53-28-16-32-59(45-53)75-67-38-14-13-34-62(67)63-47-55(40-42-68(63)75)56-41-43-69-64(48-56)71-61(35-18-39-70(71)76(69)60-33-17-29-54(46-60)50-22-7-2-8-23-50)57-30-15-31-58(44-57)66-37-19-36-65(51-24-9-3-10-25-51)73-72(74-66)52-26-11-4-12-27-52/h1-18,20-35,37-48H,19,36H2/b66-37-,73-65?,74-72?. The van der Waals surface area contributed by atoms with Crippen molar-refractivity contribution in [1.29, 1.82) is 0 Å². The number of hydrogen-bond donors (Lipinski definition) is 0. The van der Waals surface area contributed by atoms with Gasteiger partial charge < -0.3 is 9.13 Å². The molecule has 76 heavy (non-hydrogen) atoms. The summed E-state index contributed by atoms with van der Waals surface area (Å²) in [6.07, 6.45) is 3.91. The normalized spacial score (nSPS) is 13.6. The number of fused-ring (bicyclic) bond motifs is 6. The highest BCUT2D eigenvalue weighted by molar-refractivity contribution is 6.18. The van der Waals surface area contributed by atoms with E-state index in [2.05, 4.69) is 282 Å².